The number of halogens is 2. The number of morpholine rings is 1. The van der Waals surface area contributed by atoms with Gasteiger partial charge < -0.3 is 14.5 Å². The van der Waals surface area contributed by atoms with Gasteiger partial charge in [-0.15, -0.1) is 33.8 Å². The fraction of sp³-hybridized carbons (Fsp3) is 0.192. The lowest BCUT2D eigenvalue weighted by Gasteiger charge is -2.28. The van der Waals surface area contributed by atoms with Gasteiger partial charge in [0.05, 0.1) is 24.6 Å². The minimum Gasteiger partial charge on any atom is -0.378 e. The smallest absolute Gasteiger partial charge is 0.232 e. The monoisotopic (exact) mass is 626 g/mol. The molecule has 2 aliphatic rings. The summed E-state index contributed by atoms with van der Waals surface area (Å²) in [4.78, 5) is 4.26. The van der Waals surface area contributed by atoms with Crippen molar-refractivity contribution >= 4 is 61.9 Å². The Kier molecular flexibility index (Phi) is 8.69. The molecular weight excluding hydrogens is 604 g/mol. The molecule has 0 radical (unpaired) electrons. The van der Waals surface area contributed by atoms with Crippen molar-refractivity contribution in [3.8, 4) is 11.8 Å². The third kappa shape index (κ3) is 5.15. The lowest BCUT2D eigenvalue weighted by molar-refractivity contribution is 0.122. The van der Waals surface area contributed by atoms with Crippen molar-refractivity contribution < 1.29 is 4.74 Å². The van der Waals surface area contributed by atoms with E-state index in [4.69, 9.17) is 4.74 Å². The largest absolute Gasteiger partial charge is 0.378 e. The lowest BCUT2D eigenvalue weighted by Crippen LogP contribution is -2.38. The van der Waals surface area contributed by atoms with E-state index >= 15 is 0 Å². The maximum atomic E-state index is 10.4. The maximum Gasteiger partial charge on any atom is 0.232 e. The summed E-state index contributed by atoms with van der Waals surface area (Å²) in [6.07, 6.45) is 1.84. The quantitative estimate of drug-likeness (QED) is 0.250. The summed E-state index contributed by atoms with van der Waals surface area (Å²) in [5.74, 6) is 1.23. The molecule has 1 fully saturated rings. The van der Waals surface area contributed by atoms with Gasteiger partial charge in [-0.3, -0.25) is 4.57 Å². The fourth-order valence-corrected chi connectivity index (χ4v) is 5.42. The minimum atomic E-state index is 0. The topological polar surface area (TPSA) is 70.2 Å². The molecule has 0 saturated carbocycles. The highest BCUT2D eigenvalue weighted by atomic mass is 79.9. The highest BCUT2D eigenvalue weighted by Crippen LogP contribution is 2.43. The summed E-state index contributed by atoms with van der Waals surface area (Å²) in [6, 6.07) is 20.5. The number of anilines is 1. The van der Waals surface area contributed by atoms with Crippen molar-refractivity contribution in [2.45, 2.75) is 0 Å². The average molecular weight is 628 g/mol. The van der Waals surface area contributed by atoms with Gasteiger partial charge in [-0.25, -0.2) is 0 Å². The van der Waals surface area contributed by atoms with Crippen LogP contribution in [0, 0.1) is 11.3 Å². The van der Waals surface area contributed by atoms with Gasteiger partial charge in [0.2, 0.25) is 5.95 Å². The van der Waals surface area contributed by atoms with Crippen molar-refractivity contribution in [1.82, 2.24) is 19.7 Å². The van der Waals surface area contributed by atoms with Gasteiger partial charge >= 0.3 is 0 Å². The normalized spacial score (nSPS) is 16.7. The Morgan fingerprint density at radius 2 is 1.83 bits per heavy atom. The SMILES string of the molecule is Br.C=CCN1C(c2ccc(Br)cc2)=CS/C1=C(/C#N)c1nnc(N2CCOCC2)n1-c1ccccc1. The molecule has 1 aromatic heterocycles. The molecule has 3 aromatic rings. The zero-order valence-corrected chi connectivity index (χ0v) is 23.5. The standard InChI is InChI=1S/C26H23BrN6OS.BrH/c1-2-12-32-23(19-8-10-20(27)11-9-19)18-35-25(32)22(17-28)24-29-30-26(31-13-15-34-16-14-31)33(24)21-6-4-3-5-7-21;/h2-11,18H,1,12-16H2;1H/b25-22-;. The second kappa shape index (κ2) is 11.9. The van der Waals surface area contributed by atoms with Crippen molar-refractivity contribution in [3.63, 3.8) is 0 Å². The molecule has 36 heavy (non-hydrogen) atoms. The first-order chi connectivity index (χ1) is 17.2. The molecule has 184 valence electrons. The van der Waals surface area contributed by atoms with Crippen LogP contribution < -0.4 is 4.90 Å². The van der Waals surface area contributed by atoms with Crippen LogP contribution in [0.25, 0.3) is 17.0 Å². The van der Waals surface area contributed by atoms with E-state index in [-0.39, 0.29) is 17.0 Å². The Hall–Kier alpha value is -2.84. The third-order valence-electron chi connectivity index (χ3n) is 5.77. The van der Waals surface area contributed by atoms with Crippen molar-refractivity contribution in [2.75, 3.05) is 37.7 Å². The van der Waals surface area contributed by atoms with Crippen LogP contribution in [0.2, 0.25) is 0 Å². The molecule has 2 aliphatic heterocycles. The van der Waals surface area contributed by atoms with Gasteiger partial charge in [0.25, 0.3) is 0 Å². The molecule has 3 heterocycles. The van der Waals surface area contributed by atoms with E-state index in [2.05, 4.69) is 66.1 Å². The number of nitrogens with zero attached hydrogens (tertiary/aromatic N) is 6. The highest BCUT2D eigenvalue weighted by Gasteiger charge is 2.30. The Morgan fingerprint density at radius 1 is 1.11 bits per heavy atom. The van der Waals surface area contributed by atoms with Gasteiger partial charge in [-0.05, 0) is 29.8 Å². The Morgan fingerprint density at radius 3 is 2.50 bits per heavy atom. The Labute approximate surface area is 233 Å². The van der Waals surface area contributed by atoms with Gasteiger partial charge in [-0.2, -0.15) is 5.26 Å². The van der Waals surface area contributed by atoms with Gasteiger partial charge in [0.15, 0.2) is 5.82 Å². The zero-order chi connectivity index (χ0) is 24.2. The van der Waals surface area contributed by atoms with E-state index in [1.165, 1.54) is 11.8 Å². The Balaban J connectivity index is 0.00000304. The van der Waals surface area contributed by atoms with Crippen molar-refractivity contribution in [3.05, 3.63) is 93.5 Å². The Bertz CT molecular complexity index is 1320. The molecule has 0 N–H and O–H groups in total. The van der Waals surface area contributed by atoms with Gasteiger partial charge in [0.1, 0.15) is 16.7 Å². The van der Waals surface area contributed by atoms with Crippen LogP contribution in [0.4, 0.5) is 5.95 Å². The van der Waals surface area contributed by atoms with Gasteiger partial charge in [-0.1, -0.05) is 64.1 Å². The molecule has 5 rings (SSSR count). The van der Waals surface area contributed by atoms with E-state index in [1.54, 1.807) is 0 Å². The molecule has 10 heteroatoms. The summed E-state index contributed by atoms with van der Waals surface area (Å²) in [6.45, 7) is 7.21. The van der Waals surface area contributed by atoms with Crippen LogP contribution in [-0.2, 0) is 4.74 Å². The van der Waals surface area contributed by atoms with Crippen molar-refractivity contribution in [1.29, 1.82) is 5.26 Å². The predicted octanol–water partition coefficient (Wildman–Crippen LogP) is 5.87. The average Bonchev–Trinajstić information content (AvgIpc) is 3.52. The molecule has 7 nitrogen and oxygen atoms in total. The molecule has 0 aliphatic carbocycles. The molecule has 0 spiro atoms. The number of benzene rings is 2. The predicted molar refractivity (Wildman–Crippen MR) is 154 cm³/mol. The molecule has 1 saturated heterocycles. The first-order valence-corrected chi connectivity index (χ1v) is 12.9. The van der Waals surface area contributed by atoms with Gasteiger partial charge in [0, 0.05) is 29.5 Å². The first-order valence-electron chi connectivity index (χ1n) is 11.2. The number of allylic oxidation sites excluding steroid dienone is 1. The maximum absolute atomic E-state index is 10.4. The van der Waals surface area contributed by atoms with Crippen LogP contribution in [0.15, 0.2) is 82.2 Å². The highest BCUT2D eigenvalue weighted by molar-refractivity contribution is 9.10. The van der Waals surface area contributed by atoms with E-state index in [0.29, 0.717) is 37.1 Å². The summed E-state index contributed by atoms with van der Waals surface area (Å²) in [7, 11) is 0. The van der Waals surface area contributed by atoms with Crippen LogP contribution in [0.1, 0.15) is 11.4 Å². The zero-order valence-electron chi connectivity index (χ0n) is 19.4. The number of ether oxygens (including phenoxy) is 1. The number of nitriles is 1. The summed E-state index contributed by atoms with van der Waals surface area (Å²) in [5, 5.41) is 22.4. The van der Waals surface area contributed by atoms with E-state index in [9.17, 15) is 5.26 Å². The number of hydrogen-bond donors (Lipinski definition) is 0. The number of hydrogen-bond acceptors (Lipinski definition) is 7. The fourth-order valence-electron chi connectivity index (χ4n) is 4.11. The number of aromatic nitrogens is 3. The first kappa shape index (κ1) is 26.2. The molecule has 0 unspecified atom stereocenters. The number of para-hydroxylation sites is 1. The third-order valence-corrected chi connectivity index (χ3v) is 7.29. The summed E-state index contributed by atoms with van der Waals surface area (Å²) >= 11 is 5.03. The van der Waals surface area contributed by atoms with Crippen LogP contribution >= 0.6 is 44.7 Å². The van der Waals surface area contributed by atoms with Crippen LogP contribution in [-0.4, -0.2) is 52.5 Å². The summed E-state index contributed by atoms with van der Waals surface area (Å²) < 4.78 is 8.53. The second-order valence-corrected chi connectivity index (χ2v) is 9.69. The minimum absolute atomic E-state index is 0. The van der Waals surface area contributed by atoms with Crippen LogP contribution in [0.3, 0.4) is 0 Å². The lowest BCUT2D eigenvalue weighted by atomic mass is 10.1. The number of rotatable bonds is 6. The van der Waals surface area contributed by atoms with Crippen LogP contribution in [0.5, 0.6) is 0 Å². The molecule has 0 bridgehead atoms. The molecule has 0 atom stereocenters. The van der Waals surface area contributed by atoms with E-state index in [0.717, 1.165) is 39.5 Å². The van der Waals surface area contributed by atoms with Crippen molar-refractivity contribution in [2.24, 2.45) is 0 Å². The summed E-state index contributed by atoms with van der Waals surface area (Å²) in [5.41, 5.74) is 3.45. The molecular formula is C26H24Br2N6OS. The molecule has 2 aromatic carbocycles. The molecule has 0 amide bonds. The van der Waals surface area contributed by atoms with E-state index < -0.39 is 0 Å². The second-order valence-electron chi connectivity index (χ2n) is 7.91. The van der Waals surface area contributed by atoms with E-state index in [1.807, 2.05) is 53.1 Å². The number of thioether (sulfide) groups is 1.